The first kappa shape index (κ1) is 14.5. The van der Waals surface area contributed by atoms with E-state index < -0.39 is 0 Å². The molecule has 0 fully saturated rings. The van der Waals surface area contributed by atoms with Crippen LogP contribution >= 0.6 is 0 Å². The minimum atomic E-state index is 0.136. The topological polar surface area (TPSA) is 57.9 Å². The number of allylic oxidation sites excluding steroid dienone is 3. The van der Waals surface area contributed by atoms with Crippen LogP contribution < -0.4 is 0 Å². The van der Waals surface area contributed by atoms with Crippen LogP contribution in [-0.2, 0) is 9.59 Å². The molecule has 0 radical (unpaired) electrons. The number of carbonyl (C=O) groups excluding carboxylic acids is 2. The summed E-state index contributed by atoms with van der Waals surface area (Å²) < 4.78 is 0. The average molecular weight is 227 g/mol. The highest BCUT2D eigenvalue weighted by atomic mass is 16.1. The van der Waals surface area contributed by atoms with Gasteiger partial charge in [-0.2, -0.15) is 5.26 Å². The molecule has 0 aromatic heterocycles. The summed E-state index contributed by atoms with van der Waals surface area (Å²) in [4.78, 5) is 20.5. The number of nitrogens with zero attached hydrogens (tertiary/aromatic N) is 1. The van der Waals surface area contributed by atoms with Gasteiger partial charge in [-0.05, 0) is 11.6 Å². The van der Waals surface area contributed by atoms with Gasteiger partial charge in [0.2, 0.25) is 0 Å². The number of aldehydes is 2. The fraction of sp³-hybridized carbons (Fsp3) is 0.0714. The van der Waals surface area contributed by atoms with Gasteiger partial charge in [0.1, 0.15) is 0 Å². The molecule has 0 unspecified atom stereocenters. The van der Waals surface area contributed by atoms with E-state index in [4.69, 9.17) is 5.26 Å². The molecular weight excluding hydrogens is 214 g/mol. The maximum absolute atomic E-state index is 10.2. The maximum Gasteiger partial charge on any atom is 0.153 e. The Morgan fingerprint density at radius 2 is 1.71 bits per heavy atom. The van der Waals surface area contributed by atoms with E-state index in [0.29, 0.717) is 12.6 Å². The van der Waals surface area contributed by atoms with Gasteiger partial charge >= 0.3 is 0 Å². The molecule has 0 heterocycles. The molecule has 0 bridgehead atoms. The standard InChI is InChI=1S/C12H10O2.C2H3N/c13-9-12(10-14)8-4-7-11-5-2-1-3-6-11;1-2-3/h1-10H;1H3/b7-4+;. The summed E-state index contributed by atoms with van der Waals surface area (Å²) in [7, 11) is 0. The first-order chi connectivity index (χ1) is 8.28. The molecule has 0 atom stereocenters. The SMILES string of the molecule is CC#N.O=CC(C=O)=C/C=C/c1ccccc1. The number of hydrogen-bond donors (Lipinski definition) is 0. The molecule has 86 valence electrons. The molecule has 0 saturated carbocycles. The molecule has 0 amide bonds. The van der Waals surface area contributed by atoms with E-state index in [2.05, 4.69) is 0 Å². The Morgan fingerprint density at radius 1 is 1.18 bits per heavy atom. The molecular formula is C14H13NO2. The number of rotatable bonds is 4. The quantitative estimate of drug-likeness (QED) is 0.261. The van der Waals surface area contributed by atoms with Crippen LogP contribution in [-0.4, -0.2) is 12.6 Å². The van der Waals surface area contributed by atoms with Gasteiger partial charge < -0.3 is 0 Å². The molecule has 3 heteroatoms. The van der Waals surface area contributed by atoms with Crippen LogP contribution in [0.5, 0.6) is 0 Å². The third-order valence-corrected chi connectivity index (χ3v) is 1.65. The molecule has 0 spiro atoms. The summed E-state index contributed by atoms with van der Waals surface area (Å²) in [6.45, 7) is 1.43. The lowest BCUT2D eigenvalue weighted by molar-refractivity contribution is -0.109. The van der Waals surface area contributed by atoms with Crippen LogP contribution in [0.2, 0.25) is 0 Å². The normalized spacial score (nSPS) is 8.47. The lowest BCUT2D eigenvalue weighted by Gasteiger charge is -1.88. The zero-order valence-electron chi connectivity index (χ0n) is 9.54. The van der Waals surface area contributed by atoms with Crippen molar-refractivity contribution < 1.29 is 9.59 Å². The monoisotopic (exact) mass is 227 g/mol. The van der Waals surface area contributed by atoms with Crippen molar-refractivity contribution in [3.8, 4) is 6.07 Å². The molecule has 0 aliphatic rings. The van der Waals surface area contributed by atoms with Crippen molar-refractivity contribution >= 4 is 18.6 Å². The van der Waals surface area contributed by atoms with E-state index >= 15 is 0 Å². The van der Waals surface area contributed by atoms with Crippen molar-refractivity contribution in [1.82, 2.24) is 0 Å². The highest BCUT2D eigenvalue weighted by Gasteiger charge is 1.86. The largest absolute Gasteiger partial charge is 0.298 e. The van der Waals surface area contributed by atoms with Crippen molar-refractivity contribution in [3.05, 3.63) is 53.6 Å². The second-order valence-electron chi connectivity index (χ2n) is 2.90. The van der Waals surface area contributed by atoms with Crippen LogP contribution in [0.3, 0.4) is 0 Å². The molecule has 0 saturated heterocycles. The number of nitriles is 1. The molecule has 1 aromatic rings. The molecule has 1 aromatic carbocycles. The Balaban J connectivity index is 0.000000770. The van der Waals surface area contributed by atoms with E-state index in [1.165, 1.54) is 13.0 Å². The first-order valence-electron chi connectivity index (χ1n) is 4.93. The van der Waals surface area contributed by atoms with Gasteiger partial charge in [-0.1, -0.05) is 42.5 Å². The van der Waals surface area contributed by atoms with E-state index in [1.54, 1.807) is 12.1 Å². The predicted octanol–water partition coefficient (Wildman–Crippen LogP) is 2.55. The summed E-state index contributed by atoms with van der Waals surface area (Å²) in [5.74, 6) is 0. The third-order valence-electron chi connectivity index (χ3n) is 1.65. The Morgan fingerprint density at radius 3 is 2.18 bits per heavy atom. The minimum absolute atomic E-state index is 0.136. The lowest BCUT2D eigenvalue weighted by atomic mass is 10.2. The minimum Gasteiger partial charge on any atom is -0.298 e. The molecule has 1 rings (SSSR count). The smallest absolute Gasteiger partial charge is 0.153 e. The van der Waals surface area contributed by atoms with E-state index in [1.807, 2.05) is 36.4 Å². The predicted molar refractivity (Wildman–Crippen MR) is 67.0 cm³/mol. The van der Waals surface area contributed by atoms with Gasteiger partial charge in [-0.15, -0.1) is 0 Å². The fourth-order valence-electron chi connectivity index (χ4n) is 0.941. The van der Waals surface area contributed by atoms with Crippen LogP contribution in [0.1, 0.15) is 12.5 Å². The summed E-state index contributed by atoms with van der Waals surface area (Å²) >= 11 is 0. The van der Waals surface area contributed by atoms with Gasteiger partial charge in [0.05, 0.1) is 11.6 Å². The Labute approximate surface area is 101 Å². The van der Waals surface area contributed by atoms with Crippen molar-refractivity contribution in [3.63, 3.8) is 0 Å². The lowest BCUT2D eigenvalue weighted by Crippen LogP contribution is -1.82. The number of carbonyl (C=O) groups is 2. The van der Waals surface area contributed by atoms with Crippen molar-refractivity contribution in [2.45, 2.75) is 6.92 Å². The molecule has 3 nitrogen and oxygen atoms in total. The van der Waals surface area contributed by atoms with E-state index in [-0.39, 0.29) is 5.57 Å². The summed E-state index contributed by atoms with van der Waals surface area (Å²) in [5.41, 5.74) is 1.16. The molecule has 0 N–H and O–H groups in total. The Hall–Kier alpha value is -2.47. The highest BCUT2D eigenvalue weighted by Crippen LogP contribution is 2.01. The van der Waals surface area contributed by atoms with Crippen LogP contribution in [0.15, 0.2) is 48.1 Å². The average Bonchev–Trinajstić information content (AvgIpc) is 2.37. The third kappa shape index (κ3) is 7.46. The van der Waals surface area contributed by atoms with Crippen LogP contribution in [0.25, 0.3) is 6.08 Å². The Bertz CT molecular complexity index is 429. The second-order valence-corrected chi connectivity index (χ2v) is 2.90. The maximum atomic E-state index is 10.2. The van der Waals surface area contributed by atoms with E-state index in [0.717, 1.165) is 5.56 Å². The van der Waals surface area contributed by atoms with Crippen LogP contribution in [0.4, 0.5) is 0 Å². The first-order valence-corrected chi connectivity index (χ1v) is 4.93. The fourth-order valence-corrected chi connectivity index (χ4v) is 0.941. The molecule has 17 heavy (non-hydrogen) atoms. The van der Waals surface area contributed by atoms with Crippen molar-refractivity contribution in [2.75, 3.05) is 0 Å². The molecule has 0 aliphatic heterocycles. The highest BCUT2D eigenvalue weighted by molar-refractivity contribution is 5.99. The number of hydrogen-bond acceptors (Lipinski definition) is 3. The molecule has 0 aliphatic carbocycles. The summed E-state index contributed by atoms with van der Waals surface area (Å²) in [6.07, 6.45) is 6.04. The van der Waals surface area contributed by atoms with Gasteiger partial charge in [-0.25, -0.2) is 0 Å². The second kappa shape index (κ2) is 10.1. The van der Waals surface area contributed by atoms with Crippen molar-refractivity contribution in [2.24, 2.45) is 0 Å². The van der Waals surface area contributed by atoms with Crippen molar-refractivity contribution in [1.29, 1.82) is 5.26 Å². The van der Waals surface area contributed by atoms with Crippen LogP contribution in [0, 0.1) is 11.3 Å². The zero-order valence-corrected chi connectivity index (χ0v) is 9.54. The Kier molecular flexibility index (Phi) is 8.60. The van der Waals surface area contributed by atoms with Gasteiger partial charge in [0.25, 0.3) is 0 Å². The van der Waals surface area contributed by atoms with Gasteiger partial charge in [0, 0.05) is 6.92 Å². The van der Waals surface area contributed by atoms with Gasteiger partial charge in [0.15, 0.2) is 12.6 Å². The summed E-state index contributed by atoms with van der Waals surface area (Å²) in [5, 5.41) is 7.32. The van der Waals surface area contributed by atoms with Gasteiger partial charge in [-0.3, -0.25) is 9.59 Å². The number of benzene rings is 1. The summed E-state index contributed by atoms with van der Waals surface area (Å²) in [6, 6.07) is 11.4. The van der Waals surface area contributed by atoms with E-state index in [9.17, 15) is 9.59 Å². The zero-order chi connectivity index (χ0) is 12.9.